The van der Waals surface area contributed by atoms with Crippen molar-refractivity contribution in [3.63, 3.8) is 0 Å². The van der Waals surface area contributed by atoms with E-state index in [2.05, 4.69) is 0 Å². The number of carbonyl (C=O) groups is 2. The maximum atomic E-state index is 12.9. The molecule has 32 heavy (non-hydrogen) atoms. The number of thiophene rings is 1. The number of thioether (sulfide) groups is 1. The summed E-state index contributed by atoms with van der Waals surface area (Å²) in [4.78, 5) is 29.0. The monoisotopic (exact) mass is 485 g/mol. The van der Waals surface area contributed by atoms with Crippen molar-refractivity contribution in [2.75, 3.05) is 13.9 Å². The smallest absolute Gasteiger partial charge is 0.293 e. The van der Waals surface area contributed by atoms with Gasteiger partial charge in [-0.05, 0) is 59.3 Å². The Morgan fingerprint density at radius 3 is 2.75 bits per heavy atom. The molecule has 162 valence electrons. The summed E-state index contributed by atoms with van der Waals surface area (Å²) in [5.74, 6) is 1.54. The number of halogens is 1. The van der Waals surface area contributed by atoms with Gasteiger partial charge in [-0.2, -0.15) is 0 Å². The Morgan fingerprint density at radius 2 is 1.94 bits per heavy atom. The number of benzene rings is 2. The molecule has 2 amide bonds. The molecule has 5 rings (SSSR count). The maximum Gasteiger partial charge on any atom is 0.293 e. The molecule has 0 spiro atoms. The van der Waals surface area contributed by atoms with Crippen molar-refractivity contribution in [1.29, 1.82) is 0 Å². The highest BCUT2D eigenvalue weighted by Crippen LogP contribution is 2.40. The minimum absolute atomic E-state index is 0.0664. The molecule has 1 saturated heterocycles. The summed E-state index contributed by atoms with van der Waals surface area (Å²) in [5.41, 5.74) is 1.65. The number of hydrogen-bond acceptors (Lipinski definition) is 7. The zero-order valence-electron chi connectivity index (χ0n) is 16.8. The van der Waals surface area contributed by atoms with Crippen LogP contribution in [0.2, 0.25) is 5.02 Å². The number of rotatable bonds is 5. The number of nitrogens with zero attached hydrogens (tertiary/aromatic N) is 1. The van der Waals surface area contributed by atoms with E-state index >= 15 is 0 Å². The summed E-state index contributed by atoms with van der Waals surface area (Å²) in [6.45, 7) is 0.189. The summed E-state index contributed by atoms with van der Waals surface area (Å²) < 4.78 is 16.0. The molecule has 2 aliphatic heterocycles. The van der Waals surface area contributed by atoms with Gasteiger partial charge in [-0.3, -0.25) is 14.5 Å². The van der Waals surface area contributed by atoms with Gasteiger partial charge in [0.05, 0.1) is 18.6 Å². The van der Waals surface area contributed by atoms with Crippen LogP contribution in [0, 0.1) is 0 Å². The van der Waals surface area contributed by atoms with Gasteiger partial charge in [-0.25, -0.2) is 0 Å². The summed E-state index contributed by atoms with van der Waals surface area (Å²) in [5, 5.41) is 0.0815. The van der Waals surface area contributed by atoms with Crippen LogP contribution in [-0.2, 0) is 11.3 Å². The maximum absolute atomic E-state index is 12.9. The van der Waals surface area contributed by atoms with Crippen molar-refractivity contribution in [2.45, 2.75) is 6.54 Å². The average molecular weight is 486 g/mol. The number of carbonyl (C=O) groups excluding carboxylic acids is 2. The van der Waals surface area contributed by atoms with E-state index in [0.29, 0.717) is 27.0 Å². The van der Waals surface area contributed by atoms with E-state index in [0.717, 1.165) is 32.8 Å². The fourth-order valence-corrected chi connectivity index (χ4v) is 5.44. The lowest BCUT2D eigenvalue weighted by Gasteiger charge is -2.14. The Hall–Kier alpha value is -2.94. The molecule has 0 aliphatic carbocycles. The summed E-state index contributed by atoms with van der Waals surface area (Å²) in [6, 6.07) is 15.0. The second-order valence-electron chi connectivity index (χ2n) is 7.00. The lowest BCUT2D eigenvalue weighted by Crippen LogP contribution is -2.27. The Bertz CT molecular complexity index is 1270. The Kier molecular flexibility index (Phi) is 5.58. The van der Waals surface area contributed by atoms with Crippen molar-refractivity contribution < 1.29 is 23.8 Å². The third kappa shape index (κ3) is 3.97. The molecule has 2 aliphatic rings. The van der Waals surface area contributed by atoms with Gasteiger partial charge in [0.25, 0.3) is 11.1 Å². The predicted molar refractivity (Wildman–Crippen MR) is 125 cm³/mol. The average Bonchev–Trinajstić information content (AvgIpc) is 3.50. The van der Waals surface area contributed by atoms with Gasteiger partial charge < -0.3 is 14.2 Å². The van der Waals surface area contributed by atoms with E-state index in [1.165, 1.54) is 16.2 Å². The molecule has 3 heterocycles. The highest BCUT2D eigenvalue weighted by atomic mass is 35.5. The molecule has 3 aromatic rings. The van der Waals surface area contributed by atoms with Crippen LogP contribution >= 0.6 is 34.7 Å². The normalized spacial score (nSPS) is 16.3. The quantitative estimate of drug-likeness (QED) is 0.410. The first-order valence-electron chi connectivity index (χ1n) is 9.59. The van der Waals surface area contributed by atoms with Crippen molar-refractivity contribution >= 4 is 51.9 Å². The van der Waals surface area contributed by atoms with Crippen LogP contribution in [0.25, 0.3) is 16.5 Å². The van der Waals surface area contributed by atoms with E-state index < -0.39 is 0 Å². The lowest BCUT2D eigenvalue weighted by atomic mass is 10.2. The molecule has 0 unspecified atom stereocenters. The van der Waals surface area contributed by atoms with Gasteiger partial charge in [0.2, 0.25) is 6.79 Å². The standard InChI is InChI=1S/C23H16ClNO5S2/c1-28-15-4-2-3-13(7-15)20-6-5-16(31-20)9-21-22(26)25(23(27)32-21)11-14-8-18-19(10-17(14)24)30-12-29-18/h2-10H,11-12H2,1H3/b21-9-. The Balaban J connectivity index is 1.36. The Morgan fingerprint density at radius 1 is 1.12 bits per heavy atom. The molecule has 2 aromatic carbocycles. The zero-order valence-corrected chi connectivity index (χ0v) is 19.2. The molecule has 0 radical (unpaired) electrons. The van der Waals surface area contributed by atoms with Gasteiger partial charge in [-0.1, -0.05) is 23.7 Å². The summed E-state index contributed by atoms with van der Waals surface area (Å²) in [7, 11) is 1.63. The summed E-state index contributed by atoms with van der Waals surface area (Å²) in [6.07, 6.45) is 1.75. The molecule has 0 saturated carbocycles. The van der Waals surface area contributed by atoms with E-state index in [1.54, 1.807) is 25.3 Å². The number of imide groups is 1. The first-order chi connectivity index (χ1) is 15.5. The molecular formula is C23H16ClNO5S2. The first kappa shape index (κ1) is 20.9. The molecule has 1 aromatic heterocycles. The van der Waals surface area contributed by atoms with Gasteiger partial charge in [0.15, 0.2) is 11.5 Å². The van der Waals surface area contributed by atoms with E-state index in [-0.39, 0.29) is 24.5 Å². The molecule has 6 nitrogen and oxygen atoms in total. The van der Waals surface area contributed by atoms with Crippen LogP contribution in [0.5, 0.6) is 17.2 Å². The number of fused-ring (bicyclic) bond motifs is 1. The number of methoxy groups -OCH3 is 1. The van der Waals surface area contributed by atoms with Crippen LogP contribution in [0.4, 0.5) is 4.79 Å². The molecular weight excluding hydrogens is 470 g/mol. The van der Waals surface area contributed by atoms with Crippen molar-refractivity contribution in [3.8, 4) is 27.7 Å². The topological polar surface area (TPSA) is 65.1 Å². The van der Waals surface area contributed by atoms with Gasteiger partial charge in [0.1, 0.15) is 5.75 Å². The number of amides is 2. The van der Waals surface area contributed by atoms with Crippen LogP contribution in [-0.4, -0.2) is 29.9 Å². The van der Waals surface area contributed by atoms with Crippen molar-refractivity contribution in [1.82, 2.24) is 4.90 Å². The van der Waals surface area contributed by atoms with Crippen molar-refractivity contribution in [2.24, 2.45) is 0 Å². The SMILES string of the molecule is COc1cccc(-c2ccc(/C=C3\SC(=O)N(Cc4cc5c(cc4Cl)OCO5)C3=O)s2)c1. The molecule has 0 atom stereocenters. The number of hydrogen-bond donors (Lipinski definition) is 0. The van der Waals surface area contributed by atoms with Crippen LogP contribution in [0.3, 0.4) is 0 Å². The fourth-order valence-electron chi connectivity index (χ4n) is 3.38. The van der Waals surface area contributed by atoms with Gasteiger partial charge in [-0.15, -0.1) is 11.3 Å². The largest absolute Gasteiger partial charge is 0.497 e. The van der Waals surface area contributed by atoms with Crippen LogP contribution in [0.15, 0.2) is 53.4 Å². The van der Waals surface area contributed by atoms with E-state index in [4.69, 9.17) is 25.8 Å². The third-order valence-corrected chi connectivity index (χ3v) is 7.34. The summed E-state index contributed by atoms with van der Waals surface area (Å²) >= 11 is 8.78. The molecule has 1 fully saturated rings. The minimum atomic E-state index is -0.343. The highest BCUT2D eigenvalue weighted by Gasteiger charge is 2.36. The van der Waals surface area contributed by atoms with E-state index in [9.17, 15) is 9.59 Å². The minimum Gasteiger partial charge on any atom is -0.497 e. The lowest BCUT2D eigenvalue weighted by molar-refractivity contribution is -0.123. The van der Waals surface area contributed by atoms with Gasteiger partial charge in [0, 0.05) is 20.8 Å². The van der Waals surface area contributed by atoms with Crippen LogP contribution in [0.1, 0.15) is 10.4 Å². The van der Waals surface area contributed by atoms with E-state index in [1.807, 2.05) is 36.4 Å². The molecule has 0 N–H and O–H groups in total. The van der Waals surface area contributed by atoms with Gasteiger partial charge >= 0.3 is 0 Å². The second kappa shape index (κ2) is 8.54. The Labute approximate surface area is 197 Å². The highest BCUT2D eigenvalue weighted by molar-refractivity contribution is 8.18. The zero-order chi connectivity index (χ0) is 22.2. The molecule has 9 heteroatoms. The predicted octanol–water partition coefficient (Wildman–Crippen LogP) is 6.04. The first-order valence-corrected chi connectivity index (χ1v) is 11.6. The van der Waals surface area contributed by atoms with Crippen molar-refractivity contribution in [3.05, 3.63) is 68.9 Å². The van der Waals surface area contributed by atoms with Crippen LogP contribution < -0.4 is 14.2 Å². The fraction of sp³-hybridized carbons (Fsp3) is 0.130. The second-order valence-corrected chi connectivity index (χ2v) is 9.51. The third-order valence-electron chi connectivity index (χ3n) is 5.00. The number of ether oxygens (including phenoxy) is 3. The molecule has 0 bridgehead atoms.